The molecule has 0 aliphatic heterocycles. The van der Waals surface area contributed by atoms with E-state index in [0.717, 1.165) is 12.8 Å². The van der Waals surface area contributed by atoms with Gasteiger partial charge in [-0.15, -0.1) is 6.58 Å². The standard InChI is InChI=1S/C12H18N2/c1-9(2)4-5-12(13)11-6-7-14-8-10(11)3/h6-8,12H,1,4-5,13H2,2-3H3. The number of hydrogen-bond acceptors (Lipinski definition) is 2. The summed E-state index contributed by atoms with van der Waals surface area (Å²) in [6, 6.07) is 2.10. The Morgan fingerprint density at radius 1 is 1.64 bits per heavy atom. The summed E-state index contributed by atoms with van der Waals surface area (Å²) >= 11 is 0. The minimum absolute atomic E-state index is 0.106. The van der Waals surface area contributed by atoms with Gasteiger partial charge in [-0.05, 0) is 43.9 Å². The first-order chi connectivity index (χ1) is 6.61. The van der Waals surface area contributed by atoms with Crippen molar-refractivity contribution in [1.82, 2.24) is 4.98 Å². The molecule has 0 spiro atoms. The molecule has 2 nitrogen and oxygen atoms in total. The van der Waals surface area contributed by atoms with E-state index >= 15 is 0 Å². The topological polar surface area (TPSA) is 38.9 Å². The lowest BCUT2D eigenvalue weighted by atomic mass is 9.98. The molecule has 0 saturated carbocycles. The van der Waals surface area contributed by atoms with Gasteiger partial charge in [-0.3, -0.25) is 4.98 Å². The minimum Gasteiger partial charge on any atom is -0.324 e. The van der Waals surface area contributed by atoms with Crippen molar-refractivity contribution in [1.29, 1.82) is 0 Å². The van der Waals surface area contributed by atoms with Crippen LogP contribution in [0, 0.1) is 6.92 Å². The largest absolute Gasteiger partial charge is 0.324 e. The monoisotopic (exact) mass is 190 g/mol. The number of allylic oxidation sites excluding steroid dienone is 1. The number of hydrogen-bond donors (Lipinski definition) is 1. The van der Waals surface area contributed by atoms with E-state index in [2.05, 4.69) is 11.6 Å². The molecule has 1 rings (SSSR count). The van der Waals surface area contributed by atoms with Crippen molar-refractivity contribution >= 4 is 0 Å². The molecule has 1 atom stereocenters. The highest BCUT2D eigenvalue weighted by atomic mass is 14.7. The summed E-state index contributed by atoms with van der Waals surface area (Å²) in [5, 5.41) is 0. The smallest absolute Gasteiger partial charge is 0.0301 e. The van der Waals surface area contributed by atoms with Crippen LogP contribution in [0.2, 0.25) is 0 Å². The maximum Gasteiger partial charge on any atom is 0.0301 e. The van der Waals surface area contributed by atoms with Gasteiger partial charge in [0.25, 0.3) is 0 Å². The van der Waals surface area contributed by atoms with Gasteiger partial charge >= 0.3 is 0 Å². The molecule has 1 aromatic heterocycles. The predicted molar refractivity (Wildman–Crippen MR) is 60.0 cm³/mol. The van der Waals surface area contributed by atoms with Crippen LogP contribution in [0.15, 0.2) is 30.6 Å². The van der Waals surface area contributed by atoms with E-state index in [-0.39, 0.29) is 6.04 Å². The molecule has 1 heterocycles. The summed E-state index contributed by atoms with van der Waals surface area (Å²) in [6.07, 6.45) is 5.60. The van der Waals surface area contributed by atoms with Crippen LogP contribution >= 0.6 is 0 Å². The fraction of sp³-hybridized carbons (Fsp3) is 0.417. The Morgan fingerprint density at radius 3 is 2.93 bits per heavy atom. The van der Waals surface area contributed by atoms with Crippen molar-refractivity contribution in [2.75, 3.05) is 0 Å². The highest BCUT2D eigenvalue weighted by Crippen LogP contribution is 2.19. The number of nitrogens with two attached hydrogens (primary N) is 1. The molecule has 0 aliphatic rings. The number of nitrogens with zero attached hydrogens (tertiary/aromatic N) is 1. The maximum absolute atomic E-state index is 6.08. The normalized spacial score (nSPS) is 12.5. The Labute approximate surface area is 85.9 Å². The number of pyridine rings is 1. The third-order valence-corrected chi connectivity index (χ3v) is 2.35. The fourth-order valence-corrected chi connectivity index (χ4v) is 1.46. The lowest BCUT2D eigenvalue weighted by Crippen LogP contribution is -2.11. The molecule has 76 valence electrons. The molecule has 2 heteroatoms. The Morgan fingerprint density at radius 2 is 2.36 bits per heavy atom. The van der Waals surface area contributed by atoms with Crippen LogP contribution in [0.1, 0.15) is 36.9 Å². The van der Waals surface area contributed by atoms with Gasteiger partial charge < -0.3 is 5.73 Å². The van der Waals surface area contributed by atoms with Crippen LogP contribution in [0.5, 0.6) is 0 Å². The van der Waals surface area contributed by atoms with Gasteiger partial charge in [0, 0.05) is 18.4 Å². The van der Waals surface area contributed by atoms with Gasteiger partial charge in [0.1, 0.15) is 0 Å². The first-order valence-corrected chi connectivity index (χ1v) is 4.91. The third-order valence-electron chi connectivity index (χ3n) is 2.35. The first kappa shape index (κ1) is 10.9. The number of aromatic nitrogens is 1. The van der Waals surface area contributed by atoms with Gasteiger partial charge in [-0.25, -0.2) is 0 Å². The summed E-state index contributed by atoms with van der Waals surface area (Å²) < 4.78 is 0. The van der Waals surface area contributed by atoms with Crippen LogP contribution in [-0.2, 0) is 0 Å². The van der Waals surface area contributed by atoms with Crippen LogP contribution in [-0.4, -0.2) is 4.98 Å². The molecule has 0 aromatic carbocycles. The number of aryl methyl sites for hydroxylation is 1. The molecule has 2 N–H and O–H groups in total. The lowest BCUT2D eigenvalue weighted by molar-refractivity contribution is 0.644. The lowest BCUT2D eigenvalue weighted by Gasteiger charge is -2.13. The van der Waals surface area contributed by atoms with Gasteiger partial charge in [0.05, 0.1) is 0 Å². The van der Waals surface area contributed by atoms with Crippen molar-refractivity contribution in [3.05, 3.63) is 41.7 Å². The SMILES string of the molecule is C=C(C)CCC(N)c1ccncc1C. The highest BCUT2D eigenvalue weighted by Gasteiger charge is 2.07. The zero-order valence-corrected chi connectivity index (χ0v) is 8.96. The third kappa shape index (κ3) is 2.96. The molecule has 0 amide bonds. The summed E-state index contributed by atoms with van der Waals surface area (Å²) in [5.74, 6) is 0. The van der Waals surface area contributed by atoms with E-state index in [9.17, 15) is 0 Å². The number of rotatable bonds is 4. The van der Waals surface area contributed by atoms with E-state index in [1.54, 1.807) is 6.20 Å². The van der Waals surface area contributed by atoms with Crippen LogP contribution in [0.4, 0.5) is 0 Å². The molecule has 0 aliphatic carbocycles. The van der Waals surface area contributed by atoms with Crippen LogP contribution < -0.4 is 5.73 Å². The average molecular weight is 190 g/mol. The Hall–Kier alpha value is -1.15. The molecular weight excluding hydrogens is 172 g/mol. The highest BCUT2D eigenvalue weighted by molar-refractivity contribution is 5.24. The molecular formula is C12H18N2. The van der Waals surface area contributed by atoms with Crippen molar-refractivity contribution in [3.63, 3.8) is 0 Å². The summed E-state index contributed by atoms with van der Waals surface area (Å²) in [7, 11) is 0. The molecule has 0 radical (unpaired) electrons. The first-order valence-electron chi connectivity index (χ1n) is 4.91. The van der Waals surface area contributed by atoms with Crippen molar-refractivity contribution in [3.8, 4) is 0 Å². The maximum atomic E-state index is 6.08. The van der Waals surface area contributed by atoms with Crippen molar-refractivity contribution in [2.24, 2.45) is 5.73 Å². The van der Waals surface area contributed by atoms with E-state index in [1.165, 1.54) is 16.7 Å². The Bertz CT molecular complexity index is 318. The zero-order valence-electron chi connectivity index (χ0n) is 8.96. The van der Waals surface area contributed by atoms with E-state index in [4.69, 9.17) is 5.73 Å². The minimum atomic E-state index is 0.106. The molecule has 1 unspecified atom stereocenters. The second kappa shape index (κ2) is 4.91. The van der Waals surface area contributed by atoms with Gasteiger partial charge in [0.15, 0.2) is 0 Å². The van der Waals surface area contributed by atoms with Gasteiger partial charge in [0.2, 0.25) is 0 Å². The molecule has 0 fully saturated rings. The Kier molecular flexibility index (Phi) is 3.84. The van der Waals surface area contributed by atoms with Gasteiger partial charge in [-0.2, -0.15) is 0 Å². The molecule has 0 bridgehead atoms. The van der Waals surface area contributed by atoms with E-state index < -0.39 is 0 Å². The van der Waals surface area contributed by atoms with Gasteiger partial charge in [-0.1, -0.05) is 5.57 Å². The zero-order chi connectivity index (χ0) is 10.6. The quantitative estimate of drug-likeness (QED) is 0.741. The second-order valence-corrected chi connectivity index (χ2v) is 3.83. The summed E-state index contributed by atoms with van der Waals surface area (Å²) in [6.45, 7) is 7.95. The van der Waals surface area contributed by atoms with Crippen molar-refractivity contribution < 1.29 is 0 Å². The van der Waals surface area contributed by atoms with Crippen LogP contribution in [0.25, 0.3) is 0 Å². The summed E-state index contributed by atoms with van der Waals surface area (Å²) in [5.41, 5.74) is 9.63. The molecule has 1 aromatic rings. The second-order valence-electron chi connectivity index (χ2n) is 3.83. The molecule has 0 saturated heterocycles. The Balaban J connectivity index is 2.65. The van der Waals surface area contributed by atoms with E-state index in [0.29, 0.717) is 0 Å². The fourth-order valence-electron chi connectivity index (χ4n) is 1.46. The average Bonchev–Trinajstić information content (AvgIpc) is 2.15. The summed E-state index contributed by atoms with van der Waals surface area (Å²) in [4.78, 5) is 4.05. The predicted octanol–water partition coefficient (Wildman–Crippen LogP) is 2.75. The van der Waals surface area contributed by atoms with Crippen LogP contribution in [0.3, 0.4) is 0 Å². The van der Waals surface area contributed by atoms with E-state index in [1.807, 2.05) is 26.1 Å². The molecule has 14 heavy (non-hydrogen) atoms. The van der Waals surface area contributed by atoms with Crippen molar-refractivity contribution in [2.45, 2.75) is 32.7 Å².